The summed E-state index contributed by atoms with van der Waals surface area (Å²) in [4.78, 5) is 0. The number of hydrogen-bond donors (Lipinski definition) is 2. The Bertz CT molecular complexity index is 386. The molecule has 0 aromatic heterocycles. The zero-order valence-corrected chi connectivity index (χ0v) is 10.9. The van der Waals surface area contributed by atoms with E-state index in [9.17, 15) is 18.3 Å². The van der Waals surface area contributed by atoms with Crippen molar-refractivity contribution < 1.29 is 18.3 Å². The number of aliphatic hydroxyl groups excluding tert-OH is 1. The highest BCUT2D eigenvalue weighted by atomic mass is 79.9. The highest BCUT2D eigenvalue weighted by Crippen LogP contribution is 2.36. The maximum absolute atomic E-state index is 12.6. The van der Waals surface area contributed by atoms with Crippen LogP contribution in [0.2, 0.25) is 0 Å². The summed E-state index contributed by atoms with van der Waals surface area (Å²) in [5.41, 5.74) is -0.862. The van der Waals surface area contributed by atoms with E-state index in [0.29, 0.717) is 4.47 Å². The Labute approximate surface area is 110 Å². The molecule has 0 fully saturated rings. The molecule has 0 aliphatic heterocycles. The van der Waals surface area contributed by atoms with Crippen LogP contribution in [0.15, 0.2) is 22.7 Å². The van der Waals surface area contributed by atoms with E-state index in [4.69, 9.17) is 11.6 Å². The van der Waals surface area contributed by atoms with Crippen LogP contribution in [0.4, 0.5) is 18.9 Å². The first-order chi connectivity index (χ1) is 7.84. The van der Waals surface area contributed by atoms with E-state index in [1.54, 1.807) is 0 Å². The van der Waals surface area contributed by atoms with Gasteiger partial charge in [-0.2, -0.15) is 13.2 Å². The average Bonchev–Trinajstić information content (AvgIpc) is 2.24. The Morgan fingerprint density at radius 2 is 2.06 bits per heavy atom. The van der Waals surface area contributed by atoms with Gasteiger partial charge in [0.15, 0.2) is 0 Å². The standard InChI is InChI=1S/C10H10BrClF3NO/c11-6-1-2-8(10(13,14)15)9(3-6)16-5-7(17)4-12/h1-3,7,16-17H,4-5H2. The minimum absolute atomic E-state index is 0.0387. The SMILES string of the molecule is OC(CCl)CNc1cc(Br)ccc1C(F)(F)F. The highest BCUT2D eigenvalue weighted by Gasteiger charge is 2.33. The third-order valence-electron chi connectivity index (χ3n) is 1.99. The molecule has 0 amide bonds. The van der Waals surface area contributed by atoms with E-state index in [1.165, 1.54) is 12.1 Å². The first-order valence-electron chi connectivity index (χ1n) is 4.69. The molecular formula is C10H10BrClF3NO. The second kappa shape index (κ2) is 5.93. The molecule has 0 heterocycles. The quantitative estimate of drug-likeness (QED) is 0.828. The number of hydrogen-bond acceptors (Lipinski definition) is 2. The molecule has 17 heavy (non-hydrogen) atoms. The van der Waals surface area contributed by atoms with Crippen LogP contribution in [-0.2, 0) is 6.18 Å². The number of benzene rings is 1. The summed E-state index contributed by atoms with van der Waals surface area (Å²) in [5.74, 6) is -0.0393. The first kappa shape index (κ1) is 14.6. The zero-order valence-electron chi connectivity index (χ0n) is 8.56. The molecule has 1 aromatic carbocycles. The van der Waals surface area contributed by atoms with Crippen molar-refractivity contribution in [1.82, 2.24) is 0 Å². The third kappa shape index (κ3) is 4.37. The monoisotopic (exact) mass is 331 g/mol. The largest absolute Gasteiger partial charge is 0.418 e. The Balaban J connectivity index is 2.92. The molecule has 0 saturated carbocycles. The smallest absolute Gasteiger partial charge is 0.390 e. The van der Waals surface area contributed by atoms with Crippen molar-refractivity contribution in [1.29, 1.82) is 0 Å². The van der Waals surface area contributed by atoms with Crippen molar-refractivity contribution in [3.8, 4) is 0 Å². The molecule has 1 unspecified atom stereocenters. The van der Waals surface area contributed by atoms with Gasteiger partial charge in [-0.3, -0.25) is 0 Å². The van der Waals surface area contributed by atoms with Crippen molar-refractivity contribution in [3.63, 3.8) is 0 Å². The van der Waals surface area contributed by atoms with Gasteiger partial charge in [0, 0.05) is 16.7 Å². The number of aliphatic hydroxyl groups is 1. The van der Waals surface area contributed by atoms with Crippen LogP contribution < -0.4 is 5.32 Å². The molecule has 0 saturated heterocycles. The molecular weight excluding hydrogens is 322 g/mol. The highest BCUT2D eigenvalue weighted by molar-refractivity contribution is 9.10. The van der Waals surface area contributed by atoms with Gasteiger partial charge in [-0.25, -0.2) is 0 Å². The molecule has 7 heteroatoms. The van der Waals surface area contributed by atoms with Gasteiger partial charge in [-0.15, -0.1) is 11.6 Å². The molecule has 0 spiro atoms. The van der Waals surface area contributed by atoms with Crippen molar-refractivity contribution in [2.24, 2.45) is 0 Å². The van der Waals surface area contributed by atoms with Gasteiger partial charge in [0.2, 0.25) is 0 Å². The summed E-state index contributed by atoms with van der Waals surface area (Å²) in [5, 5.41) is 11.7. The lowest BCUT2D eigenvalue weighted by Gasteiger charge is -2.16. The van der Waals surface area contributed by atoms with E-state index in [0.717, 1.165) is 6.07 Å². The maximum atomic E-state index is 12.6. The molecule has 0 aliphatic carbocycles. The van der Waals surface area contributed by atoms with E-state index in [1.807, 2.05) is 0 Å². The molecule has 0 bridgehead atoms. The van der Waals surface area contributed by atoms with Gasteiger partial charge in [0.05, 0.1) is 17.5 Å². The fourth-order valence-electron chi connectivity index (χ4n) is 1.19. The maximum Gasteiger partial charge on any atom is 0.418 e. The van der Waals surface area contributed by atoms with Gasteiger partial charge in [-0.05, 0) is 18.2 Å². The molecule has 1 rings (SSSR count). The summed E-state index contributed by atoms with van der Waals surface area (Å²) in [6.45, 7) is -0.0387. The van der Waals surface area contributed by atoms with Crippen molar-refractivity contribution in [3.05, 3.63) is 28.2 Å². The van der Waals surface area contributed by atoms with Gasteiger partial charge >= 0.3 is 6.18 Å². The number of nitrogens with one attached hydrogen (secondary N) is 1. The van der Waals surface area contributed by atoms with Crippen LogP contribution in [-0.4, -0.2) is 23.6 Å². The topological polar surface area (TPSA) is 32.3 Å². The Hall–Kier alpha value is -0.460. The predicted octanol–water partition coefficient (Wildman–Crippen LogP) is 3.48. The minimum atomic E-state index is -4.44. The fraction of sp³-hybridized carbons (Fsp3) is 0.400. The van der Waals surface area contributed by atoms with Crippen LogP contribution in [0.25, 0.3) is 0 Å². The second-order valence-corrected chi connectivity index (χ2v) is 4.60. The summed E-state index contributed by atoms with van der Waals surface area (Å²) in [7, 11) is 0. The van der Waals surface area contributed by atoms with E-state index >= 15 is 0 Å². The normalized spacial score (nSPS) is 13.5. The predicted molar refractivity (Wildman–Crippen MR) is 64.4 cm³/mol. The zero-order chi connectivity index (χ0) is 13.1. The average molecular weight is 333 g/mol. The summed E-state index contributed by atoms with van der Waals surface area (Å²) < 4.78 is 38.4. The first-order valence-corrected chi connectivity index (χ1v) is 6.02. The van der Waals surface area contributed by atoms with Crippen molar-refractivity contribution in [2.75, 3.05) is 17.7 Å². The molecule has 96 valence electrons. The van der Waals surface area contributed by atoms with E-state index in [2.05, 4.69) is 21.2 Å². The number of anilines is 1. The van der Waals surface area contributed by atoms with Gasteiger partial charge < -0.3 is 10.4 Å². The van der Waals surface area contributed by atoms with Gasteiger partial charge in [-0.1, -0.05) is 15.9 Å². The number of alkyl halides is 4. The number of rotatable bonds is 4. The molecule has 2 nitrogen and oxygen atoms in total. The van der Waals surface area contributed by atoms with Crippen LogP contribution in [0, 0.1) is 0 Å². The summed E-state index contributed by atoms with van der Waals surface area (Å²) >= 11 is 8.45. The minimum Gasteiger partial charge on any atom is -0.390 e. The number of halogens is 5. The lowest BCUT2D eigenvalue weighted by atomic mass is 10.1. The van der Waals surface area contributed by atoms with Gasteiger partial charge in [0.25, 0.3) is 0 Å². The summed E-state index contributed by atoms with van der Waals surface area (Å²) in [6.07, 6.45) is -5.33. The Morgan fingerprint density at radius 3 is 2.59 bits per heavy atom. The molecule has 0 radical (unpaired) electrons. The van der Waals surface area contributed by atoms with E-state index in [-0.39, 0.29) is 18.1 Å². The van der Waals surface area contributed by atoms with Crippen LogP contribution in [0.3, 0.4) is 0 Å². The van der Waals surface area contributed by atoms with Crippen molar-refractivity contribution in [2.45, 2.75) is 12.3 Å². The van der Waals surface area contributed by atoms with E-state index < -0.39 is 17.8 Å². The van der Waals surface area contributed by atoms with Crippen molar-refractivity contribution >= 4 is 33.2 Å². The molecule has 1 atom stereocenters. The molecule has 1 aromatic rings. The molecule has 2 N–H and O–H groups in total. The van der Waals surface area contributed by atoms with Crippen LogP contribution in [0.1, 0.15) is 5.56 Å². The summed E-state index contributed by atoms with van der Waals surface area (Å²) in [6, 6.07) is 3.59. The third-order valence-corrected chi connectivity index (χ3v) is 2.84. The Morgan fingerprint density at radius 1 is 1.41 bits per heavy atom. The lowest BCUT2D eigenvalue weighted by Crippen LogP contribution is -2.22. The second-order valence-electron chi connectivity index (χ2n) is 3.38. The fourth-order valence-corrected chi connectivity index (χ4v) is 1.66. The van der Waals surface area contributed by atoms with Crippen LogP contribution in [0.5, 0.6) is 0 Å². The Kier molecular flexibility index (Phi) is 5.09. The van der Waals surface area contributed by atoms with Gasteiger partial charge in [0.1, 0.15) is 0 Å². The van der Waals surface area contributed by atoms with Crippen LogP contribution >= 0.6 is 27.5 Å². The molecule has 0 aliphatic rings. The lowest BCUT2D eigenvalue weighted by molar-refractivity contribution is -0.137.